The van der Waals surface area contributed by atoms with Crippen molar-refractivity contribution in [2.24, 2.45) is 0 Å². The van der Waals surface area contributed by atoms with E-state index in [1.807, 2.05) is 23.1 Å². The van der Waals surface area contributed by atoms with Gasteiger partial charge in [-0.25, -0.2) is 4.98 Å². The summed E-state index contributed by atoms with van der Waals surface area (Å²) in [5, 5.41) is 3.28. The maximum atomic E-state index is 12.5. The normalized spacial score (nSPS) is 14.6. The summed E-state index contributed by atoms with van der Waals surface area (Å²) in [6.45, 7) is 5.01. The van der Waals surface area contributed by atoms with Gasteiger partial charge in [0.1, 0.15) is 0 Å². The van der Waals surface area contributed by atoms with E-state index in [2.05, 4.69) is 26.1 Å². The van der Waals surface area contributed by atoms with E-state index >= 15 is 0 Å². The number of H-pyrrole nitrogens is 1. The monoisotopic (exact) mass is 474 g/mol. The highest BCUT2D eigenvalue weighted by atomic mass is 32.1. The van der Waals surface area contributed by atoms with Crippen molar-refractivity contribution < 1.29 is 19.0 Å². The fraction of sp³-hybridized carbons (Fsp3) is 0.429. The number of hydrogen-bond donors (Lipinski definition) is 4. The molecule has 1 saturated heterocycles. The number of ether oxygens (including phenoxy) is 3. The highest BCUT2D eigenvalue weighted by Crippen LogP contribution is 2.32. The number of carbonyl (C=O) groups excluding carboxylic acids is 1. The van der Waals surface area contributed by atoms with Crippen LogP contribution in [0.1, 0.15) is 23.2 Å². The molecule has 1 amide bonds. The van der Waals surface area contributed by atoms with Crippen molar-refractivity contribution in [3.63, 3.8) is 0 Å². The molecule has 11 nitrogen and oxygen atoms in total. The lowest BCUT2D eigenvalue weighted by Crippen LogP contribution is -2.46. The second kappa shape index (κ2) is 10.5. The van der Waals surface area contributed by atoms with Crippen molar-refractivity contribution in [1.82, 2.24) is 26.1 Å². The lowest BCUT2D eigenvalue weighted by Gasteiger charge is -2.27. The van der Waals surface area contributed by atoms with E-state index in [-0.39, 0.29) is 36.2 Å². The van der Waals surface area contributed by atoms with Gasteiger partial charge in [0.05, 0.1) is 13.2 Å². The Hall–Kier alpha value is -3.38. The molecule has 0 saturated carbocycles. The zero-order valence-corrected chi connectivity index (χ0v) is 19.0. The van der Waals surface area contributed by atoms with Gasteiger partial charge >= 0.3 is 0 Å². The van der Waals surface area contributed by atoms with E-state index in [0.29, 0.717) is 61.6 Å². The molecule has 1 aromatic heterocycles. The highest BCUT2D eigenvalue weighted by Gasteiger charge is 2.17. The molecule has 0 atom stereocenters. The molecule has 2 aliphatic rings. The van der Waals surface area contributed by atoms with Crippen LogP contribution in [0.3, 0.4) is 0 Å². The number of benzene rings is 1. The van der Waals surface area contributed by atoms with E-state index in [0.717, 1.165) is 5.56 Å². The molecule has 33 heavy (non-hydrogen) atoms. The second-order valence-electron chi connectivity index (χ2n) is 7.60. The number of rotatable bonds is 6. The minimum absolute atomic E-state index is 0.111. The molecule has 2 aromatic rings. The van der Waals surface area contributed by atoms with Crippen LogP contribution in [0.4, 0.5) is 5.95 Å². The van der Waals surface area contributed by atoms with Gasteiger partial charge in [0, 0.05) is 37.3 Å². The molecule has 0 radical (unpaired) electrons. The molecule has 4 N–H and O–H groups in total. The van der Waals surface area contributed by atoms with Crippen LogP contribution in [0.2, 0.25) is 0 Å². The van der Waals surface area contributed by atoms with Gasteiger partial charge in [-0.2, -0.15) is 0 Å². The van der Waals surface area contributed by atoms with Gasteiger partial charge in [0.2, 0.25) is 18.6 Å². The number of nitrogens with one attached hydrogen (secondary N) is 4. The predicted molar refractivity (Wildman–Crippen MR) is 124 cm³/mol. The topological polar surface area (TPSA) is 130 Å². The molecule has 0 aliphatic carbocycles. The minimum Gasteiger partial charge on any atom is -0.454 e. The Balaban J connectivity index is 1.21. The maximum absolute atomic E-state index is 12.5. The van der Waals surface area contributed by atoms with Gasteiger partial charge in [-0.1, -0.05) is 6.07 Å². The first-order valence-electron chi connectivity index (χ1n) is 10.6. The maximum Gasteiger partial charge on any atom is 0.255 e. The highest BCUT2D eigenvalue weighted by molar-refractivity contribution is 7.80. The van der Waals surface area contributed by atoms with E-state index < -0.39 is 0 Å². The summed E-state index contributed by atoms with van der Waals surface area (Å²) < 4.78 is 16.0. The summed E-state index contributed by atoms with van der Waals surface area (Å²) in [6.07, 6.45) is 0.378. The third-order valence-corrected chi connectivity index (χ3v) is 5.57. The summed E-state index contributed by atoms with van der Waals surface area (Å²) in [5.74, 6) is 1.65. The number of hydrazine groups is 1. The number of carbonyl (C=O) groups is 1. The van der Waals surface area contributed by atoms with Gasteiger partial charge in [0.15, 0.2) is 16.6 Å². The SMILES string of the molecule is Cc1nc(N2CCOCC2)[nH]c(=O)c1CCC(=O)NNC(=S)NCc1ccc2c(c1)OCO2. The molecule has 176 valence electrons. The van der Waals surface area contributed by atoms with Crippen LogP contribution in [0.5, 0.6) is 11.5 Å². The number of anilines is 1. The lowest BCUT2D eigenvalue weighted by molar-refractivity contribution is -0.121. The number of aromatic nitrogens is 2. The van der Waals surface area contributed by atoms with Gasteiger partial charge in [-0.15, -0.1) is 0 Å². The largest absolute Gasteiger partial charge is 0.454 e. The van der Waals surface area contributed by atoms with Crippen LogP contribution in [0, 0.1) is 6.92 Å². The molecule has 4 rings (SSSR count). The summed E-state index contributed by atoms with van der Waals surface area (Å²) in [5.41, 5.74) is 7.04. The molecule has 1 fully saturated rings. The van der Waals surface area contributed by atoms with Gasteiger partial charge in [0.25, 0.3) is 5.56 Å². The first-order chi connectivity index (χ1) is 16.0. The van der Waals surface area contributed by atoms with Crippen molar-refractivity contribution >= 4 is 29.2 Å². The van der Waals surface area contributed by atoms with Gasteiger partial charge in [-0.3, -0.25) is 25.4 Å². The first kappa shape index (κ1) is 22.8. The Kier molecular flexibility index (Phi) is 7.25. The molecule has 2 aliphatic heterocycles. The number of thiocarbonyl (C=S) groups is 1. The molecule has 0 bridgehead atoms. The van der Waals surface area contributed by atoms with Crippen molar-refractivity contribution in [3.8, 4) is 11.5 Å². The number of nitrogens with zero attached hydrogens (tertiary/aromatic N) is 2. The number of hydrogen-bond acceptors (Lipinski definition) is 8. The standard InChI is InChI=1S/C21H26N6O5S/c1-13-15(19(29)24-20(23-13)27-6-8-30-9-7-27)3-5-18(28)25-26-21(33)22-11-14-2-4-16-17(10-14)32-12-31-16/h2,4,10H,3,5-9,11-12H2,1H3,(H,25,28)(H2,22,26,33)(H,23,24,29). The Labute approximate surface area is 195 Å². The summed E-state index contributed by atoms with van der Waals surface area (Å²) in [6, 6.07) is 5.61. The van der Waals surface area contributed by atoms with Crippen molar-refractivity contribution in [2.45, 2.75) is 26.3 Å². The van der Waals surface area contributed by atoms with Crippen LogP contribution in [0.25, 0.3) is 0 Å². The van der Waals surface area contributed by atoms with E-state index in [1.165, 1.54) is 0 Å². The molecule has 12 heteroatoms. The fourth-order valence-corrected chi connectivity index (χ4v) is 3.64. The average molecular weight is 475 g/mol. The summed E-state index contributed by atoms with van der Waals surface area (Å²) in [4.78, 5) is 34.0. The Bertz CT molecular complexity index is 1090. The second-order valence-corrected chi connectivity index (χ2v) is 8.00. The quantitative estimate of drug-likeness (QED) is 0.342. The Morgan fingerprint density at radius 1 is 1.21 bits per heavy atom. The zero-order chi connectivity index (χ0) is 23.2. The van der Waals surface area contributed by atoms with E-state index in [4.69, 9.17) is 26.4 Å². The minimum atomic E-state index is -0.293. The number of morpholine rings is 1. The number of aromatic amines is 1. The molecular formula is C21H26N6O5S. The van der Waals surface area contributed by atoms with Crippen LogP contribution in [-0.2, 0) is 22.5 Å². The van der Waals surface area contributed by atoms with Crippen molar-refractivity contribution in [3.05, 3.63) is 45.4 Å². The van der Waals surface area contributed by atoms with Crippen LogP contribution in [-0.4, -0.2) is 54.1 Å². The summed E-state index contributed by atoms with van der Waals surface area (Å²) >= 11 is 5.20. The average Bonchev–Trinajstić information content (AvgIpc) is 3.29. The molecule has 3 heterocycles. The number of aryl methyl sites for hydroxylation is 1. The molecule has 0 unspecified atom stereocenters. The Morgan fingerprint density at radius 3 is 2.79 bits per heavy atom. The van der Waals surface area contributed by atoms with Crippen LogP contribution < -0.4 is 36.1 Å². The predicted octanol–water partition coefficient (Wildman–Crippen LogP) is 0.272. The van der Waals surface area contributed by atoms with Crippen LogP contribution in [0.15, 0.2) is 23.0 Å². The van der Waals surface area contributed by atoms with Gasteiger partial charge < -0.3 is 24.4 Å². The van der Waals surface area contributed by atoms with E-state index in [1.54, 1.807) is 6.92 Å². The lowest BCUT2D eigenvalue weighted by atomic mass is 10.1. The van der Waals surface area contributed by atoms with Gasteiger partial charge in [-0.05, 0) is 43.3 Å². The van der Waals surface area contributed by atoms with E-state index in [9.17, 15) is 9.59 Å². The van der Waals surface area contributed by atoms with Crippen molar-refractivity contribution in [2.75, 3.05) is 38.0 Å². The first-order valence-corrected chi connectivity index (χ1v) is 11.0. The Morgan fingerprint density at radius 2 is 2.00 bits per heavy atom. The third kappa shape index (κ3) is 5.90. The molecule has 1 aromatic carbocycles. The third-order valence-electron chi connectivity index (χ3n) is 5.33. The van der Waals surface area contributed by atoms with Crippen LogP contribution >= 0.6 is 12.2 Å². The number of fused-ring (bicyclic) bond motifs is 1. The molecular weight excluding hydrogens is 448 g/mol. The smallest absolute Gasteiger partial charge is 0.255 e. The zero-order valence-electron chi connectivity index (χ0n) is 18.2. The number of amides is 1. The van der Waals surface area contributed by atoms with Crippen molar-refractivity contribution in [1.29, 1.82) is 0 Å². The molecule has 0 spiro atoms. The summed E-state index contributed by atoms with van der Waals surface area (Å²) in [7, 11) is 0. The fourth-order valence-electron chi connectivity index (χ4n) is 3.52.